The molecule has 1 heterocycles. The van der Waals surface area contributed by atoms with Gasteiger partial charge in [-0.25, -0.2) is 0 Å². The molecule has 1 saturated carbocycles. The molecule has 0 radical (unpaired) electrons. The summed E-state index contributed by atoms with van der Waals surface area (Å²) >= 11 is 0. The molecule has 0 aromatic heterocycles. The van der Waals surface area contributed by atoms with Crippen molar-refractivity contribution in [2.75, 3.05) is 19.6 Å². The van der Waals surface area contributed by atoms with E-state index >= 15 is 0 Å². The predicted octanol–water partition coefficient (Wildman–Crippen LogP) is 3.81. The van der Waals surface area contributed by atoms with Gasteiger partial charge in [0, 0.05) is 24.7 Å². The summed E-state index contributed by atoms with van der Waals surface area (Å²) in [6.07, 6.45) is 11.2. The molecule has 0 amide bonds. The van der Waals surface area contributed by atoms with Gasteiger partial charge in [0.15, 0.2) is 0 Å². The lowest BCUT2D eigenvalue weighted by Crippen LogP contribution is -2.53. The minimum absolute atomic E-state index is 0.437. The predicted molar refractivity (Wildman–Crippen MR) is 83.5 cm³/mol. The van der Waals surface area contributed by atoms with Crippen molar-refractivity contribution < 1.29 is 0 Å². The Morgan fingerprint density at radius 2 is 1.95 bits per heavy atom. The highest BCUT2D eigenvalue weighted by Gasteiger charge is 2.36. The van der Waals surface area contributed by atoms with Crippen LogP contribution in [0.5, 0.6) is 0 Å². The van der Waals surface area contributed by atoms with Crippen molar-refractivity contribution in [3.8, 4) is 0 Å². The van der Waals surface area contributed by atoms with Crippen LogP contribution in [-0.2, 0) is 0 Å². The Hall–Kier alpha value is -0.0800. The molecule has 1 N–H and O–H groups in total. The zero-order chi connectivity index (χ0) is 13.7. The van der Waals surface area contributed by atoms with Gasteiger partial charge in [0.1, 0.15) is 0 Å². The molecule has 0 aromatic rings. The molecular weight excluding hydrogens is 232 g/mol. The minimum atomic E-state index is 0.437. The van der Waals surface area contributed by atoms with Crippen LogP contribution < -0.4 is 5.32 Å². The van der Waals surface area contributed by atoms with E-state index in [4.69, 9.17) is 0 Å². The Kier molecular flexibility index (Phi) is 5.70. The van der Waals surface area contributed by atoms with E-state index in [1.54, 1.807) is 0 Å². The van der Waals surface area contributed by atoms with Crippen LogP contribution in [0.3, 0.4) is 0 Å². The van der Waals surface area contributed by atoms with Crippen molar-refractivity contribution in [1.82, 2.24) is 10.2 Å². The molecule has 2 aliphatic rings. The van der Waals surface area contributed by atoms with Gasteiger partial charge >= 0.3 is 0 Å². The van der Waals surface area contributed by atoms with Crippen molar-refractivity contribution in [3.63, 3.8) is 0 Å². The molecule has 2 nitrogen and oxygen atoms in total. The number of hydrogen-bond donors (Lipinski definition) is 1. The molecule has 1 atom stereocenters. The molecular formula is C17H34N2. The highest BCUT2D eigenvalue weighted by atomic mass is 15.2. The van der Waals surface area contributed by atoms with E-state index in [-0.39, 0.29) is 0 Å². The lowest BCUT2D eigenvalue weighted by Gasteiger charge is -2.39. The Bertz CT molecular complexity index is 250. The summed E-state index contributed by atoms with van der Waals surface area (Å²) < 4.78 is 0. The summed E-state index contributed by atoms with van der Waals surface area (Å²) in [7, 11) is 0. The molecule has 0 bridgehead atoms. The van der Waals surface area contributed by atoms with Gasteiger partial charge in [-0.3, -0.25) is 4.90 Å². The summed E-state index contributed by atoms with van der Waals surface area (Å²) in [5, 5.41) is 3.86. The van der Waals surface area contributed by atoms with E-state index in [1.807, 2.05) is 0 Å². The minimum Gasteiger partial charge on any atom is -0.310 e. The molecule has 2 rings (SSSR count). The molecule has 112 valence electrons. The van der Waals surface area contributed by atoms with E-state index < -0.39 is 0 Å². The first-order valence-electron chi connectivity index (χ1n) is 8.64. The average Bonchev–Trinajstić information content (AvgIpc) is 2.99. The van der Waals surface area contributed by atoms with E-state index in [9.17, 15) is 0 Å². The second-order valence-electron chi connectivity index (χ2n) is 7.32. The molecule has 1 saturated heterocycles. The van der Waals surface area contributed by atoms with E-state index in [0.29, 0.717) is 5.54 Å². The number of nitrogens with zero attached hydrogens (tertiary/aromatic N) is 1. The fraction of sp³-hybridized carbons (Fsp3) is 1.00. The molecule has 19 heavy (non-hydrogen) atoms. The summed E-state index contributed by atoms with van der Waals surface area (Å²) in [5.74, 6) is 0.792. The first kappa shape index (κ1) is 15.3. The van der Waals surface area contributed by atoms with Crippen LogP contribution in [-0.4, -0.2) is 36.1 Å². The zero-order valence-corrected chi connectivity index (χ0v) is 13.4. The Morgan fingerprint density at radius 3 is 2.47 bits per heavy atom. The summed E-state index contributed by atoms with van der Waals surface area (Å²) in [5.41, 5.74) is 0.437. The second kappa shape index (κ2) is 7.08. The normalized spacial score (nSPS) is 28.9. The molecule has 1 aliphatic carbocycles. The lowest BCUT2D eigenvalue weighted by atomic mass is 9.90. The Balaban J connectivity index is 2.00. The number of rotatable bonds is 7. The van der Waals surface area contributed by atoms with Crippen LogP contribution in [0.15, 0.2) is 0 Å². The zero-order valence-electron chi connectivity index (χ0n) is 13.4. The molecule has 2 heteroatoms. The second-order valence-corrected chi connectivity index (χ2v) is 7.32. The van der Waals surface area contributed by atoms with Gasteiger partial charge < -0.3 is 5.32 Å². The highest BCUT2D eigenvalue weighted by Crippen LogP contribution is 2.30. The van der Waals surface area contributed by atoms with Crippen molar-refractivity contribution in [2.45, 2.75) is 83.7 Å². The maximum atomic E-state index is 3.86. The average molecular weight is 266 g/mol. The van der Waals surface area contributed by atoms with Crippen LogP contribution >= 0.6 is 0 Å². The van der Waals surface area contributed by atoms with Crippen LogP contribution in [0.25, 0.3) is 0 Å². The van der Waals surface area contributed by atoms with Gasteiger partial charge in [-0.05, 0) is 44.6 Å². The molecule has 2 fully saturated rings. The van der Waals surface area contributed by atoms with Crippen LogP contribution in [0.1, 0.15) is 72.1 Å². The smallest absolute Gasteiger partial charge is 0.0309 e. The van der Waals surface area contributed by atoms with E-state index in [1.165, 1.54) is 71.0 Å². The first-order chi connectivity index (χ1) is 9.15. The molecule has 0 spiro atoms. The molecule has 1 aliphatic heterocycles. The standard InChI is InChI=1S/C17H34N2/c1-4-10-17(11-7-12-18-17)14-19(13-15(2)3)16-8-5-6-9-16/h15-16,18H,4-14H2,1-3H3. The molecule has 1 unspecified atom stereocenters. The number of nitrogens with one attached hydrogen (secondary N) is 1. The van der Waals surface area contributed by atoms with Crippen LogP contribution in [0, 0.1) is 5.92 Å². The maximum Gasteiger partial charge on any atom is 0.0309 e. The van der Waals surface area contributed by atoms with Gasteiger partial charge in [-0.1, -0.05) is 40.0 Å². The Morgan fingerprint density at radius 1 is 1.21 bits per heavy atom. The van der Waals surface area contributed by atoms with Crippen LogP contribution in [0.2, 0.25) is 0 Å². The summed E-state index contributed by atoms with van der Waals surface area (Å²) in [4.78, 5) is 2.84. The quantitative estimate of drug-likeness (QED) is 0.754. The summed E-state index contributed by atoms with van der Waals surface area (Å²) in [6, 6.07) is 0.874. The lowest BCUT2D eigenvalue weighted by molar-refractivity contribution is 0.122. The largest absolute Gasteiger partial charge is 0.310 e. The van der Waals surface area contributed by atoms with E-state index in [0.717, 1.165) is 12.0 Å². The van der Waals surface area contributed by atoms with Crippen molar-refractivity contribution in [1.29, 1.82) is 0 Å². The van der Waals surface area contributed by atoms with Gasteiger partial charge in [-0.15, -0.1) is 0 Å². The Labute approximate surface area is 120 Å². The third-order valence-corrected chi connectivity index (χ3v) is 5.01. The molecule has 0 aromatic carbocycles. The first-order valence-corrected chi connectivity index (χ1v) is 8.64. The van der Waals surface area contributed by atoms with Gasteiger partial charge in [0.05, 0.1) is 0 Å². The maximum absolute atomic E-state index is 3.86. The van der Waals surface area contributed by atoms with Gasteiger partial charge in [-0.2, -0.15) is 0 Å². The van der Waals surface area contributed by atoms with Crippen molar-refractivity contribution in [2.24, 2.45) is 5.92 Å². The fourth-order valence-corrected chi connectivity index (χ4v) is 4.24. The fourth-order valence-electron chi connectivity index (χ4n) is 4.24. The van der Waals surface area contributed by atoms with Crippen molar-refractivity contribution >= 4 is 0 Å². The summed E-state index contributed by atoms with van der Waals surface area (Å²) in [6.45, 7) is 10.9. The topological polar surface area (TPSA) is 15.3 Å². The number of hydrogen-bond acceptors (Lipinski definition) is 2. The monoisotopic (exact) mass is 266 g/mol. The van der Waals surface area contributed by atoms with Gasteiger partial charge in [0.25, 0.3) is 0 Å². The third kappa shape index (κ3) is 4.19. The van der Waals surface area contributed by atoms with Gasteiger partial charge in [0.2, 0.25) is 0 Å². The third-order valence-electron chi connectivity index (χ3n) is 5.01. The SMILES string of the molecule is CCCC1(CN(CC(C)C)C2CCCC2)CCCN1. The van der Waals surface area contributed by atoms with Crippen LogP contribution in [0.4, 0.5) is 0 Å². The van der Waals surface area contributed by atoms with Crippen molar-refractivity contribution in [3.05, 3.63) is 0 Å². The highest BCUT2D eigenvalue weighted by molar-refractivity contribution is 4.97. The van der Waals surface area contributed by atoms with E-state index in [2.05, 4.69) is 31.0 Å².